The van der Waals surface area contributed by atoms with E-state index in [9.17, 15) is 5.11 Å². The Balaban J connectivity index is 0.00000256. The first-order chi connectivity index (χ1) is 14.3. The van der Waals surface area contributed by atoms with Crippen LogP contribution < -0.4 is 10.1 Å². The van der Waals surface area contributed by atoms with E-state index in [1.54, 1.807) is 0 Å². The van der Waals surface area contributed by atoms with Crippen LogP contribution in [0, 0.1) is 6.92 Å². The molecule has 3 rings (SSSR count). The zero-order valence-corrected chi connectivity index (χ0v) is 21.7. The smallest absolute Gasteiger partial charge is 0.150 e. The van der Waals surface area contributed by atoms with Crippen LogP contribution in [0.25, 0.3) is 0 Å². The van der Waals surface area contributed by atoms with Gasteiger partial charge < -0.3 is 15.2 Å². The number of hydrogen-bond acceptors (Lipinski definition) is 5. The van der Waals surface area contributed by atoms with E-state index >= 15 is 0 Å². The number of phenolic OH excluding ortho intramolecular Hbond substituents is 1. The van der Waals surface area contributed by atoms with Gasteiger partial charge in [-0.15, -0.1) is 24.8 Å². The molecule has 1 fully saturated rings. The molecule has 2 aromatic rings. The van der Waals surface area contributed by atoms with E-state index in [1.807, 2.05) is 19.1 Å². The number of rotatable bonds is 7. The standard InChI is InChI=1S/C25H37N3O2.2ClH/c1-17(2)22-15-24(29)18(3)14-25(22)30-20(5)27(6)19(4)28-13-12-26-16-23(28)21-10-8-7-9-11-21;;/h7-11,14-15,17,19-20,23,26,29H,12-13,16H2,1-6H3;2*1H. The molecule has 1 heterocycles. The molecule has 0 aliphatic carbocycles. The summed E-state index contributed by atoms with van der Waals surface area (Å²) in [6, 6.07) is 14.9. The first-order valence-electron chi connectivity index (χ1n) is 11.0. The second kappa shape index (κ2) is 12.7. The van der Waals surface area contributed by atoms with Crippen LogP contribution in [-0.2, 0) is 0 Å². The maximum Gasteiger partial charge on any atom is 0.150 e. The number of piperazine rings is 1. The molecule has 32 heavy (non-hydrogen) atoms. The lowest BCUT2D eigenvalue weighted by molar-refractivity contribution is -0.0507. The highest BCUT2D eigenvalue weighted by Crippen LogP contribution is 2.34. The molecule has 1 saturated heterocycles. The van der Waals surface area contributed by atoms with E-state index in [0.717, 1.165) is 36.5 Å². The number of phenols is 1. The summed E-state index contributed by atoms with van der Waals surface area (Å²) < 4.78 is 6.43. The third kappa shape index (κ3) is 6.52. The van der Waals surface area contributed by atoms with E-state index < -0.39 is 0 Å². The van der Waals surface area contributed by atoms with Crippen molar-refractivity contribution in [2.75, 3.05) is 26.7 Å². The molecule has 5 nitrogen and oxygen atoms in total. The fourth-order valence-corrected chi connectivity index (χ4v) is 4.20. The second-order valence-electron chi connectivity index (χ2n) is 8.71. The number of aryl methyl sites for hydroxylation is 1. The minimum Gasteiger partial charge on any atom is -0.508 e. The van der Waals surface area contributed by atoms with Crippen LogP contribution in [0.5, 0.6) is 11.5 Å². The topological polar surface area (TPSA) is 48.0 Å². The fourth-order valence-electron chi connectivity index (χ4n) is 4.20. The highest BCUT2D eigenvalue weighted by atomic mass is 35.5. The van der Waals surface area contributed by atoms with Gasteiger partial charge in [-0.2, -0.15) is 0 Å². The van der Waals surface area contributed by atoms with Crippen molar-refractivity contribution < 1.29 is 9.84 Å². The Morgan fingerprint density at radius 2 is 1.75 bits per heavy atom. The van der Waals surface area contributed by atoms with Crippen LogP contribution in [0.15, 0.2) is 42.5 Å². The molecule has 2 N–H and O–H groups in total. The molecule has 0 amide bonds. The van der Waals surface area contributed by atoms with Gasteiger partial charge in [0.15, 0.2) is 6.23 Å². The molecule has 7 heteroatoms. The number of hydrogen-bond donors (Lipinski definition) is 2. The molecule has 0 spiro atoms. The van der Waals surface area contributed by atoms with E-state index in [1.165, 1.54) is 5.56 Å². The Morgan fingerprint density at radius 3 is 2.38 bits per heavy atom. The van der Waals surface area contributed by atoms with Gasteiger partial charge in [-0.05, 0) is 57.0 Å². The highest BCUT2D eigenvalue weighted by Gasteiger charge is 2.31. The van der Waals surface area contributed by atoms with Crippen molar-refractivity contribution >= 4 is 24.8 Å². The second-order valence-corrected chi connectivity index (χ2v) is 8.71. The molecule has 0 aromatic heterocycles. The maximum absolute atomic E-state index is 10.1. The minimum atomic E-state index is -0.104. The SMILES string of the molecule is Cc1cc(OC(C)N(C)C(C)N2CCNCC2c2ccccc2)c(C(C)C)cc1O.Cl.Cl. The monoisotopic (exact) mass is 483 g/mol. The summed E-state index contributed by atoms with van der Waals surface area (Å²) in [5, 5.41) is 13.7. The lowest BCUT2D eigenvalue weighted by atomic mass is 10.00. The van der Waals surface area contributed by atoms with Crippen molar-refractivity contribution in [2.45, 2.75) is 59.0 Å². The van der Waals surface area contributed by atoms with Gasteiger partial charge >= 0.3 is 0 Å². The summed E-state index contributed by atoms with van der Waals surface area (Å²) in [7, 11) is 2.13. The first-order valence-corrected chi connectivity index (χ1v) is 11.0. The van der Waals surface area contributed by atoms with Crippen molar-refractivity contribution in [1.82, 2.24) is 15.1 Å². The normalized spacial score (nSPS) is 18.6. The molecule has 0 saturated carbocycles. The van der Waals surface area contributed by atoms with Gasteiger partial charge in [-0.25, -0.2) is 0 Å². The number of ether oxygens (including phenoxy) is 1. The molecule has 0 bridgehead atoms. The number of nitrogens with one attached hydrogen (secondary N) is 1. The highest BCUT2D eigenvalue weighted by molar-refractivity contribution is 5.85. The molecule has 0 radical (unpaired) electrons. The van der Waals surface area contributed by atoms with E-state index in [-0.39, 0.29) is 43.1 Å². The molecular weight excluding hydrogens is 445 g/mol. The summed E-state index contributed by atoms with van der Waals surface area (Å²) in [5.74, 6) is 1.45. The Labute approximate surface area is 206 Å². The van der Waals surface area contributed by atoms with Crippen LogP contribution in [0.1, 0.15) is 56.3 Å². The van der Waals surface area contributed by atoms with Crippen molar-refractivity contribution in [1.29, 1.82) is 0 Å². The van der Waals surface area contributed by atoms with Gasteiger partial charge in [0.1, 0.15) is 11.5 Å². The van der Waals surface area contributed by atoms with Gasteiger partial charge in [0.05, 0.1) is 6.17 Å². The summed E-state index contributed by atoms with van der Waals surface area (Å²) in [6.07, 6.45) is 0.112. The summed E-state index contributed by atoms with van der Waals surface area (Å²) >= 11 is 0. The van der Waals surface area contributed by atoms with E-state index in [2.05, 4.69) is 80.2 Å². The van der Waals surface area contributed by atoms with Gasteiger partial charge in [0.2, 0.25) is 0 Å². The van der Waals surface area contributed by atoms with E-state index in [0.29, 0.717) is 11.8 Å². The zero-order chi connectivity index (χ0) is 21.8. The third-order valence-corrected chi connectivity index (χ3v) is 6.36. The van der Waals surface area contributed by atoms with Crippen molar-refractivity contribution in [2.24, 2.45) is 0 Å². The predicted molar refractivity (Wildman–Crippen MR) is 138 cm³/mol. The van der Waals surface area contributed by atoms with Crippen molar-refractivity contribution in [3.05, 3.63) is 59.2 Å². The number of aromatic hydroxyl groups is 1. The molecule has 3 atom stereocenters. The summed E-state index contributed by atoms with van der Waals surface area (Å²) in [4.78, 5) is 4.84. The third-order valence-electron chi connectivity index (χ3n) is 6.36. The minimum absolute atomic E-state index is 0. The Hall–Kier alpha value is -1.50. The summed E-state index contributed by atoms with van der Waals surface area (Å²) in [6.45, 7) is 13.5. The van der Waals surface area contributed by atoms with Crippen LogP contribution in [0.2, 0.25) is 0 Å². The maximum atomic E-state index is 10.1. The molecule has 2 aromatic carbocycles. The number of nitrogens with zero attached hydrogens (tertiary/aromatic N) is 2. The quantitative estimate of drug-likeness (QED) is 0.522. The van der Waals surface area contributed by atoms with Crippen molar-refractivity contribution in [3.8, 4) is 11.5 Å². The van der Waals surface area contributed by atoms with Gasteiger partial charge in [0, 0.05) is 31.2 Å². The average molecular weight is 485 g/mol. The number of halogens is 2. The lowest BCUT2D eigenvalue weighted by Gasteiger charge is -2.45. The van der Waals surface area contributed by atoms with Crippen LogP contribution in [0.3, 0.4) is 0 Å². The molecule has 1 aliphatic heterocycles. The van der Waals surface area contributed by atoms with Crippen LogP contribution in [-0.4, -0.2) is 54.0 Å². The molecule has 180 valence electrons. The van der Waals surface area contributed by atoms with Crippen LogP contribution in [0.4, 0.5) is 0 Å². The lowest BCUT2D eigenvalue weighted by Crippen LogP contribution is -2.56. The number of benzene rings is 2. The van der Waals surface area contributed by atoms with Crippen molar-refractivity contribution in [3.63, 3.8) is 0 Å². The predicted octanol–water partition coefficient (Wildman–Crippen LogP) is 5.32. The largest absolute Gasteiger partial charge is 0.508 e. The molecule has 1 aliphatic rings. The Bertz CT molecular complexity index is 835. The fraction of sp³-hybridized carbons (Fsp3) is 0.520. The van der Waals surface area contributed by atoms with Gasteiger partial charge in [-0.1, -0.05) is 44.2 Å². The van der Waals surface area contributed by atoms with Crippen LogP contribution >= 0.6 is 24.8 Å². The van der Waals surface area contributed by atoms with E-state index in [4.69, 9.17) is 4.74 Å². The Morgan fingerprint density at radius 1 is 1.09 bits per heavy atom. The van der Waals surface area contributed by atoms with Gasteiger partial charge in [0.25, 0.3) is 0 Å². The molecular formula is C25H39Cl2N3O2. The van der Waals surface area contributed by atoms with Gasteiger partial charge in [-0.3, -0.25) is 9.80 Å². The molecule has 3 unspecified atom stereocenters. The zero-order valence-electron chi connectivity index (χ0n) is 20.0. The first kappa shape index (κ1) is 28.5. The summed E-state index contributed by atoms with van der Waals surface area (Å²) in [5.41, 5.74) is 3.22. The Kier molecular flexibility index (Phi) is 11.3. The average Bonchev–Trinajstić information content (AvgIpc) is 2.75.